The van der Waals surface area contributed by atoms with E-state index in [-0.39, 0.29) is 53.9 Å². The van der Waals surface area contributed by atoms with Gasteiger partial charge in [0.15, 0.2) is 11.6 Å². The maximum atomic E-state index is 12.5. The van der Waals surface area contributed by atoms with Gasteiger partial charge in [-0.25, -0.2) is 0 Å². The van der Waals surface area contributed by atoms with E-state index in [2.05, 4.69) is 6.58 Å². The molecular weight excluding hydrogens is 308 g/mol. The highest BCUT2D eigenvalue weighted by Gasteiger charge is 2.27. The molecule has 0 aliphatic rings. The lowest BCUT2D eigenvalue weighted by Crippen LogP contribution is -2.11. The summed E-state index contributed by atoms with van der Waals surface area (Å²) in [7, 11) is 0. The smallest absolute Gasteiger partial charge is 0.170 e. The molecule has 1 aromatic rings. The van der Waals surface area contributed by atoms with Crippen molar-refractivity contribution < 1.29 is 24.5 Å². The first-order valence-electron chi connectivity index (χ1n) is 8.08. The molecule has 0 aliphatic carbocycles. The van der Waals surface area contributed by atoms with Crippen LogP contribution in [-0.2, 0) is 0 Å². The van der Waals surface area contributed by atoms with Crippen LogP contribution in [0.1, 0.15) is 61.3 Å². The monoisotopic (exact) mass is 334 g/mol. The SMILES string of the molecule is C=CCOc1cc(O)c(C(=O)CC(C)C)c(O)c1C(=O)CC(C)C. The topological polar surface area (TPSA) is 83.8 Å². The van der Waals surface area contributed by atoms with Gasteiger partial charge in [0.1, 0.15) is 35.0 Å². The van der Waals surface area contributed by atoms with E-state index in [1.54, 1.807) is 0 Å². The number of phenolic OH excluding ortho intramolecular Hbond substituents is 2. The van der Waals surface area contributed by atoms with Crippen LogP contribution in [0, 0.1) is 11.8 Å². The molecule has 0 aromatic heterocycles. The molecule has 0 unspecified atom stereocenters. The van der Waals surface area contributed by atoms with Gasteiger partial charge in [0.05, 0.1) is 0 Å². The largest absolute Gasteiger partial charge is 0.507 e. The van der Waals surface area contributed by atoms with E-state index in [0.717, 1.165) is 0 Å². The van der Waals surface area contributed by atoms with Gasteiger partial charge in [-0.2, -0.15) is 0 Å². The third kappa shape index (κ3) is 4.85. The van der Waals surface area contributed by atoms with Gasteiger partial charge in [0, 0.05) is 18.9 Å². The molecule has 0 amide bonds. The second-order valence-corrected chi connectivity index (χ2v) is 6.63. The molecule has 1 aromatic carbocycles. The Morgan fingerprint density at radius 1 is 1.08 bits per heavy atom. The van der Waals surface area contributed by atoms with Crippen LogP contribution in [0.3, 0.4) is 0 Å². The first-order valence-corrected chi connectivity index (χ1v) is 8.08. The molecule has 1 rings (SSSR count). The van der Waals surface area contributed by atoms with Crippen LogP contribution in [0.2, 0.25) is 0 Å². The van der Waals surface area contributed by atoms with Crippen molar-refractivity contribution in [1.29, 1.82) is 0 Å². The molecule has 0 radical (unpaired) electrons. The number of Topliss-reactive ketones (excluding diaryl/α,β-unsaturated/α-hetero) is 2. The van der Waals surface area contributed by atoms with E-state index in [9.17, 15) is 19.8 Å². The minimum Gasteiger partial charge on any atom is -0.507 e. The van der Waals surface area contributed by atoms with E-state index >= 15 is 0 Å². The van der Waals surface area contributed by atoms with Crippen molar-refractivity contribution in [2.75, 3.05) is 6.61 Å². The molecule has 5 heteroatoms. The summed E-state index contributed by atoms with van der Waals surface area (Å²) in [5.74, 6) is -1.45. The molecule has 2 N–H and O–H groups in total. The van der Waals surface area contributed by atoms with E-state index in [1.165, 1.54) is 12.1 Å². The second kappa shape index (κ2) is 8.52. The Hall–Kier alpha value is -2.30. The van der Waals surface area contributed by atoms with Crippen molar-refractivity contribution in [2.24, 2.45) is 11.8 Å². The van der Waals surface area contributed by atoms with Crippen molar-refractivity contribution in [1.82, 2.24) is 0 Å². The molecule has 0 atom stereocenters. The van der Waals surface area contributed by atoms with Crippen LogP contribution in [-0.4, -0.2) is 28.4 Å². The summed E-state index contributed by atoms with van der Waals surface area (Å²) >= 11 is 0. The lowest BCUT2D eigenvalue weighted by Gasteiger charge is -2.16. The minimum absolute atomic E-state index is 0.0525. The molecule has 0 saturated heterocycles. The summed E-state index contributed by atoms with van der Waals surface area (Å²) in [6.45, 7) is 11.1. The Labute approximate surface area is 143 Å². The number of ether oxygens (including phenoxy) is 1. The molecule has 0 bridgehead atoms. The van der Waals surface area contributed by atoms with E-state index in [4.69, 9.17) is 4.74 Å². The number of hydrogen-bond acceptors (Lipinski definition) is 5. The molecule has 5 nitrogen and oxygen atoms in total. The quantitative estimate of drug-likeness (QED) is 0.524. The predicted octanol–water partition coefficient (Wildman–Crippen LogP) is 4.12. The zero-order valence-electron chi connectivity index (χ0n) is 14.8. The number of aromatic hydroxyl groups is 2. The van der Waals surface area contributed by atoms with Gasteiger partial charge in [-0.1, -0.05) is 40.3 Å². The van der Waals surface area contributed by atoms with Crippen LogP contribution < -0.4 is 4.74 Å². The van der Waals surface area contributed by atoms with Gasteiger partial charge < -0.3 is 14.9 Å². The molecule has 132 valence electrons. The molecule has 0 saturated carbocycles. The Kier molecular flexibility index (Phi) is 7.01. The molecule has 0 fully saturated rings. The molecule has 0 heterocycles. The lowest BCUT2D eigenvalue weighted by atomic mass is 9.93. The standard InChI is InChI=1S/C19H26O5/c1-6-7-24-16-10-15(22)17(13(20)8-11(2)3)19(23)18(16)14(21)9-12(4)5/h6,10-12,22-23H,1,7-9H2,2-5H3. The summed E-state index contributed by atoms with van der Waals surface area (Å²) in [4.78, 5) is 24.8. The highest BCUT2D eigenvalue weighted by molar-refractivity contribution is 6.08. The maximum absolute atomic E-state index is 12.5. The van der Waals surface area contributed by atoms with Gasteiger partial charge in [-0.05, 0) is 11.8 Å². The fourth-order valence-electron chi connectivity index (χ4n) is 2.38. The summed E-state index contributed by atoms with van der Waals surface area (Å²) < 4.78 is 5.40. The fraction of sp³-hybridized carbons (Fsp3) is 0.474. The lowest BCUT2D eigenvalue weighted by molar-refractivity contribution is 0.0959. The van der Waals surface area contributed by atoms with Crippen LogP contribution in [0.4, 0.5) is 0 Å². The third-order valence-electron chi connectivity index (χ3n) is 3.35. The number of carbonyl (C=O) groups is 2. The predicted molar refractivity (Wildman–Crippen MR) is 93.0 cm³/mol. The molecule has 0 spiro atoms. The first-order chi connectivity index (χ1) is 11.2. The Balaban J connectivity index is 3.46. The van der Waals surface area contributed by atoms with Crippen molar-refractivity contribution in [3.8, 4) is 17.2 Å². The van der Waals surface area contributed by atoms with Gasteiger partial charge in [-0.15, -0.1) is 0 Å². The summed E-state index contributed by atoms with van der Waals surface area (Å²) in [5, 5.41) is 20.7. The number of benzene rings is 1. The zero-order chi connectivity index (χ0) is 18.4. The number of hydrogen-bond donors (Lipinski definition) is 2. The molecular formula is C19H26O5. The van der Waals surface area contributed by atoms with Crippen molar-refractivity contribution in [3.05, 3.63) is 29.8 Å². The fourth-order valence-corrected chi connectivity index (χ4v) is 2.38. The van der Waals surface area contributed by atoms with Crippen molar-refractivity contribution in [2.45, 2.75) is 40.5 Å². The minimum atomic E-state index is -0.509. The normalized spacial score (nSPS) is 10.9. The van der Waals surface area contributed by atoms with Crippen molar-refractivity contribution in [3.63, 3.8) is 0 Å². The number of ketones is 2. The van der Waals surface area contributed by atoms with Crippen LogP contribution in [0.15, 0.2) is 18.7 Å². The van der Waals surface area contributed by atoms with Gasteiger partial charge in [-0.3, -0.25) is 9.59 Å². The average Bonchev–Trinajstić information content (AvgIpc) is 2.42. The first kappa shape index (κ1) is 19.7. The van der Waals surface area contributed by atoms with E-state index in [1.807, 2.05) is 27.7 Å². The van der Waals surface area contributed by atoms with E-state index in [0.29, 0.717) is 0 Å². The second-order valence-electron chi connectivity index (χ2n) is 6.63. The Bertz CT molecular complexity index is 629. The average molecular weight is 334 g/mol. The van der Waals surface area contributed by atoms with Crippen molar-refractivity contribution >= 4 is 11.6 Å². The molecule has 24 heavy (non-hydrogen) atoms. The van der Waals surface area contributed by atoms with Crippen LogP contribution in [0.25, 0.3) is 0 Å². The van der Waals surface area contributed by atoms with Gasteiger partial charge >= 0.3 is 0 Å². The highest BCUT2D eigenvalue weighted by Crippen LogP contribution is 2.40. The summed E-state index contributed by atoms with van der Waals surface area (Å²) in [5.41, 5.74) is -0.280. The maximum Gasteiger partial charge on any atom is 0.170 e. The summed E-state index contributed by atoms with van der Waals surface area (Å²) in [6.07, 6.45) is 1.84. The number of phenols is 2. The van der Waals surface area contributed by atoms with Gasteiger partial charge in [0.2, 0.25) is 0 Å². The van der Waals surface area contributed by atoms with E-state index < -0.39 is 17.3 Å². The van der Waals surface area contributed by atoms with Crippen LogP contribution >= 0.6 is 0 Å². The Morgan fingerprint density at radius 3 is 2.04 bits per heavy atom. The number of carbonyl (C=O) groups excluding carboxylic acids is 2. The number of rotatable bonds is 9. The highest BCUT2D eigenvalue weighted by atomic mass is 16.5. The third-order valence-corrected chi connectivity index (χ3v) is 3.35. The summed E-state index contributed by atoms with van der Waals surface area (Å²) in [6, 6.07) is 1.21. The zero-order valence-corrected chi connectivity index (χ0v) is 14.8. The Morgan fingerprint density at radius 2 is 1.58 bits per heavy atom. The molecule has 0 aliphatic heterocycles. The van der Waals surface area contributed by atoms with Crippen LogP contribution in [0.5, 0.6) is 17.2 Å². The van der Waals surface area contributed by atoms with Gasteiger partial charge in [0.25, 0.3) is 0 Å².